The smallest absolute Gasteiger partial charge is 0.411 e. The lowest BCUT2D eigenvalue weighted by molar-refractivity contribution is -0.263. The van der Waals surface area contributed by atoms with E-state index in [0.29, 0.717) is 25.9 Å². The number of hydrogen-bond donors (Lipinski definition) is 11. The number of ether oxygens (including phenoxy) is 5. The van der Waals surface area contributed by atoms with E-state index in [9.17, 15) is 50.7 Å². The molecule has 3 heterocycles. The van der Waals surface area contributed by atoms with Gasteiger partial charge < -0.3 is 91.6 Å². The lowest BCUT2D eigenvalue weighted by atomic mass is 9.87. The summed E-state index contributed by atoms with van der Waals surface area (Å²) < 4.78 is 79.3. The molecule has 12 atom stereocenters. The monoisotopic (exact) mass is 1490 g/mol. The number of fused-ring (bicyclic) bond motifs is 4. The lowest BCUT2D eigenvalue weighted by Crippen LogP contribution is -2.51. The van der Waals surface area contributed by atoms with Crippen LogP contribution in [0.3, 0.4) is 0 Å². The second kappa shape index (κ2) is 49.7. The number of aryl methyl sites for hydroxylation is 4. The molecular formula is C71H106F3N5O23S. The number of ketones is 1. The minimum absolute atomic E-state index is 0. The maximum Gasteiger partial charge on any atom is 0.411 e. The number of benzene rings is 4. The van der Waals surface area contributed by atoms with E-state index >= 15 is 0 Å². The molecule has 3 aliphatic heterocycles. The van der Waals surface area contributed by atoms with E-state index in [0.717, 1.165) is 69.6 Å². The average Bonchev–Trinajstić information content (AvgIpc) is 1.66. The van der Waals surface area contributed by atoms with Crippen molar-refractivity contribution in [1.82, 2.24) is 21.7 Å². The van der Waals surface area contributed by atoms with Gasteiger partial charge in [0.15, 0.2) is 12.6 Å². The Hall–Kier alpha value is -6.98. The number of methoxy groups -OCH3 is 1. The number of carbonyl (C=O) groups excluding carboxylic acids is 4. The topological polar surface area (TPSA) is 444 Å². The highest BCUT2D eigenvalue weighted by Crippen LogP contribution is 2.34. The number of sulfone groups is 1. The number of Topliss-reactive ketones (excluding diaryl/α,β-unsaturated/α-hetero) is 1. The number of nitrogens with zero attached hydrogens (tertiary/aromatic N) is 2. The molecule has 5 unspecified atom stereocenters. The Morgan fingerprint density at radius 3 is 1.60 bits per heavy atom. The largest absolute Gasteiger partial charge is 0.481 e. The fraction of sp³-hybridized carbons (Fsp3) is 0.577. The van der Waals surface area contributed by atoms with Crippen LogP contribution in [0.1, 0.15) is 142 Å². The standard InChI is InChI=1S/C19H24N2O4.C19H27NO4.C11H11N.C9H12O4S.C5H10O3.C4H8O4.C2H3F3O.C2H6O2.H3N.H2O/c1-12-9-10-24-19-21(18(12)23)16(11-25-19)17(22)20-15-8-4-6-13-5-2-3-7-14(13)15;1-13(9-10-21)18(23)11-15(12-22)19(24)20-17-8-4-6-14-5-2-3-7-16(14)17;1-12-11-8-4-6-9-5-2-3-7-10(9)11;1-7-3-5-8(6-4-7)14(11,12)9(10)13-2;1-4(2-3-6)5(7)8;5-3-1-7-4(6)2-8-3;3-2(4,5)1-6;1-3-4-2;;/h2-3,5,7,12,15-16,19H,4,6,8-11H2,1H3,(H,20,22);2-3,5,7,13,15,17,21-22H,4,6,8-12H2,1H3,(H,20,24);2-3,5,7,11H,4,6,8H2;3-6,9-10H,1-2H3;4,6H,2-3H2,1H3,(H,7,8);3-6H,1-2H2;6H,1H2;1-2H3;1H3;1H2/t12-,15+,16?,19-;13-,15?,17+;11-;;4-;;;;;/m001.0...../s1. The maximum atomic E-state index is 12.9. The lowest BCUT2D eigenvalue weighted by Gasteiger charge is -2.30. The molecule has 0 radical (unpaired) electrons. The van der Waals surface area contributed by atoms with Crippen molar-refractivity contribution >= 4 is 39.3 Å². The predicted molar refractivity (Wildman–Crippen MR) is 370 cm³/mol. The Balaban J connectivity index is 0.000000626. The van der Waals surface area contributed by atoms with E-state index in [4.69, 9.17) is 51.8 Å². The number of aliphatic hydroxyl groups excluding tert-OH is 7. The van der Waals surface area contributed by atoms with Crippen LogP contribution in [0.25, 0.3) is 4.85 Å². The highest BCUT2D eigenvalue weighted by molar-refractivity contribution is 7.91. The Labute approximate surface area is 600 Å². The summed E-state index contributed by atoms with van der Waals surface area (Å²) in [6.45, 7) is 12.7. The molecule has 6 aliphatic rings. The predicted octanol–water partition coefficient (Wildman–Crippen LogP) is 6.02. The van der Waals surface area contributed by atoms with Gasteiger partial charge in [0.25, 0.3) is 5.62 Å². The zero-order chi connectivity index (χ0) is 75.2. The number of amides is 3. The molecule has 4 aromatic rings. The number of aliphatic carboxylic acids is 1. The van der Waals surface area contributed by atoms with E-state index in [1.54, 1.807) is 26.0 Å². The second-order valence-corrected chi connectivity index (χ2v) is 26.3. The quantitative estimate of drug-likeness (QED) is 0.0249. The summed E-state index contributed by atoms with van der Waals surface area (Å²) in [6, 6.07) is 30.3. The zero-order valence-electron chi connectivity index (χ0n) is 59.5. The number of nitrogens with one attached hydrogen (secondary N) is 2. The number of alkyl halides is 3. The van der Waals surface area contributed by atoms with Crippen LogP contribution in [0, 0.1) is 37.2 Å². The molecule has 10 rings (SSSR count). The van der Waals surface area contributed by atoms with Gasteiger partial charge in [-0.3, -0.25) is 28.9 Å². The number of rotatable bonds is 17. The summed E-state index contributed by atoms with van der Waals surface area (Å²) >= 11 is 0. The van der Waals surface area contributed by atoms with Crippen molar-refractivity contribution in [1.29, 1.82) is 0 Å². The van der Waals surface area contributed by atoms with Gasteiger partial charge in [-0.15, -0.1) is 0 Å². The number of carbonyl (C=O) groups is 5. The molecule has 0 bridgehead atoms. The summed E-state index contributed by atoms with van der Waals surface area (Å²) in [5, 5.41) is 74.5. The van der Waals surface area contributed by atoms with Gasteiger partial charge in [0, 0.05) is 50.6 Å². The first-order valence-corrected chi connectivity index (χ1v) is 34.8. The first-order valence-electron chi connectivity index (χ1n) is 33.3. The van der Waals surface area contributed by atoms with E-state index in [1.165, 1.54) is 65.5 Å². The van der Waals surface area contributed by atoms with Crippen molar-refractivity contribution in [3.05, 3.63) is 147 Å². The van der Waals surface area contributed by atoms with Crippen molar-refractivity contribution in [2.24, 2.45) is 23.7 Å². The summed E-state index contributed by atoms with van der Waals surface area (Å²) in [7, 11) is 0.280. The first-order chi connectivity index (χ1) is 48.0. The molecule has 0 aromatic heterocycles. The number of aliphatic hydroxyl groups is 7. The molecule has 3 saturated heterocycles. The summed E-state index contributed by atoms with van der Waals surface area (Å²) in [5.74, 6) is -3.04. The van der Waals surface area contributed by atoms with Crippen molar-refractivity contribution in [2.75, 3.05) is 74.2 Å². The normalized spacial score (nSPS) is 21.7. The van der Waals surface area contributed by atoms with Crippen molar-refractivity contribution < 1.29 is 125 Å². The number of hydrogen-bond acceptors (Lipinski definition) is 22. The Morgan fingerprint density at radius 1 is 0.699 bits per heavy atom. The third-order valence-electron chi connectivity index (χ3n) is 16.8. The molecule has 0 spiro atoms. The average molecular weight is 1490 g/mol. The molecule has 28 nitrogen and oxygen atoms in total. The van der Waals surface area contributed by atoms with E-state index in [-0.39, 0.29) is 116 Å². The fourth-order valence-corrected chi connectivity index (χ4v) is 11.8. The van der Waals surface area contributed by atoms with Gasteiger partial charge >= 0.3 is 12.1 Å². The fourth-order valence-electron chi connectivity index (χ4n) is 10.8. The van der Waals surface area contributed by atoms with E-state index in [1.807, 2.05) is 50.2 Å². The van der Waals surface area contributed by atoms with Crippen molar-refractivity contribution in [3.63, 3.8) is 0 Å². The third-order valence-corrected chi connectivity index (χ3v) is 18.4. The van der Waals surface area contributed by atoms with E-state index < -0.39 is 71.1 Å². The summed E-state index contributed by atoms with van der Waals surface area (Å²) in [6.07, 6.45) is 3.82. The minimum atomic E-state index is -4.40. The van der Waals surface area contributed by atoms with Gasteiger partial charge in [0.1, 0.15) is 31.6 Å². The Bertz CT molecular complexity index is 3260. The molecule has 4 aromatic carbocycles. The van der Waals surface area contributed by atoms with Crippen LogP contribution in [-0.2, 0) is 86.5 Å². The Morgan fingerprint density at radius 2 is 1.17 bits per heavy atom. The van der Waals surface area contributed by atoms with Crippen LogP contribution in [0.2, 0.25) is 0 Å². The van der Waals surface area contributed by atoms with Crippen LogP contribution in [0.4, 0.5) is 13.2 Å². The van der Waals surface area contributed by atoms with Gasteiger partial charge in [0.2, 0.25) is 40.0 Å². The van der Waals surface area contributed by atoms with E-state index in [2.05, 4.69) is 75.9 Å². The molecule has 32 heteroatoms. The SMILES string of the molecule is COC(O)S(=O)(=O)c1ccc(C)cc1.COOC.C[C@@H](CCO)C(=O)CC(CO)C(=O)N[C@@H]1CCCc2ccccc21.C[C@@H](CCO)C(=O)O.C[C@H]1CCO[C@H]2OCC(C(=O)N[C@@H]3CCCc4ccccc43)N2C1=O.N.O.OC1COC(O)CO1.OCC(F)(F)F.[C-]#[N+][C@@H]1CCCc2ccccc21. The van der Waals surface area contributed by atoms with Crippen molar-refractivity contribution in [2.45, 2.75) is 171 Å². The van der Waals surface area contributed by atoms with Gasteiger partial charge in [-0.2, -0.15) is 13.2 Å². The van der Waals surface area contributed by atoms with Crippen LogP contribution in [0.5, 0.6) is 0 Å². The third kappa shape index (κ3) is 32.5. The molecule has 3 amide bonds. The van der Waals surface area contributed by atoms with Gasteiger partial charge in [-0.1, -0.05) is 111 Å². The highest BCUT2D eigenvalue weighted by Gasteiger charge is 2.46. The van der Waals surface area contributed by atoms with Crippen LogP contribution in [0.15, 0.2) is 102 Å². The molecule has 0 saturated carbocycles. The maximum absolute atomic E-state index is 12.9. The number of carboxylic acid groups (broad SMARTS) is 1. The minimum Gasteiger partial charge on any atom is -0.481 e. The van der Waals surface area contributed by atoms with Crippen LogP contribution >= 0.6 is 0 Å². The summed E-state index contributed by atoms with van der Waals surface area (Å²) in [4.78, 5) is 73.4. The zero-order valence-corrected chi connectivity index (χ0v) is 60.3. The van der Waals surface area contributed by atoms with Crippen LogP contribution < -0.4 is 16.8 Å². The van der Waals surface area contributed by atoms with Crippen molar-refractivity contribution in [3.8, 4) is 0 Å². The molecule has 580 valence electrons. The van der Waals surface area contributed by atoms with Crippen LogP contribution in [-0.4, -0.2) is 200 Å². The molecule has 3 aliphatic carbocycles. The van der Waals surface area contributed by atoms with Gasteiger partial charge in [-0.05, 0) is 118 Å². The summed E-state index contributed by atoms with van der Waals surface area (Å²) in [5.41, 5.74) is 6.66. The number of halogens is 3. The van der Waals surface area contributed by atoms with Gasteiger partial charge in [0.05, 0.1) is 62.9 Å². The molecular weight excluding hydrogens is 1380 g/mol. The van der Waals surface area contributed by atoms with Gasteiger partial charge in [-0.25, -0.2) is 24.8 Å². The highest BCUT2D eigenvalue weighted by atomic mass is 32.2. The Kier molecular flexibility index (Phi) is 45.4. The molecule has 3 fully saturated rings. The second-order valence-electron chi connectivity index (χ2n) is 24.3. The first kappa shape index (κ1) is 94.0. The molecule has 15 N–H and O–H groups in total. The number of carboxylic acids is 1. The molecule has 103 heavy (non-hydrogen) atoms.